The minimum atomic E-state index is -0.520. The number of carbonyl (C=O) groups excluding carboxylic acids is 1. The minimum absolute atomic E-state index is 0.0186. The van der Waals surface area contributed by atoms with Crippen molar-refractivity contribution in [1.29, 1.82) is 0 Å². The molecule has 1 heterocycles. The number of nitrogens with zero attached hydrogens (tertiary/aromatic N) is 4. The van der Waals surface area contributed by atoms with E-state index in [0.29, 0.717) is 12.5 Å². The number of aromatic nitrogens is 2. The van der Waals surface area contributed by atoms with Crippen LogP contribution in [-0.2, 0) is 4.79 Å². The molecule has 1 aliphatic rings. The number of carbonyl (C=O) groups is 1. The third kappa shape index (κ3) is 5.52. The molecule has 0 atom stereocenters. The van der Waals surface area contributed by atoms with Crippen LogP contribution in [0.15, 0.2) is 6.20 Å². The van der Waals surface area contributed by atoms with E-state index in [1.54, 1.807) is 14.1 Å². The highest BCUT2D eigenvalue weighted by atomic mass is 16.6. The first-order chi connectivity index (χ1) is 11.9. The van der Waals surface area contributed by atoms with Crippen LogP contribution in [0.25, 0.3) is 0 Å². The van der Waals surface area contributed by atoms with Crippen LogP contribution in [0.4, 0.5) is 17.5 Å². The lowest BCUT2D eigenvalue weighted by molar-refractivity contribution is -0.384. The van der Waals surface area contributed by atoms with Gasteiger partial charge >= 0.3 is 5.69 Å². The molecule has 138 valence electrons. The average molecular weight is 351 g/mol. The van der Waals surface area contributed by atoms with Crippen molar-refractivity contribution in [3.05, 3.63) is 16.3 Å². The molecule has 10 heteroatoms. The highest BCUT2D eigenvalue weighted by molar-refractivity contribution is 5.79. The van der Waals surface area contributed by atoms with E-state index in [4.69, 9.17) is 5.73 Å². The summed E-state index contributed by atoms with van der Waals surface area (Å²) in [6.07, 6.45) is 5.08. The summed E-state index contributed by atoms with van der Waals surface area (Å²) in [4.78, 5) is 31.8. The Morgan fingerprint density at radius 1 is 1.36 bits per heavy atom. The van der Waals surface area contributed by atoms with Crippen LogP contribution in [-0.4, -0.2) is 58.9 Å². The lowest BCUT2D eigenvalue weighted by atomic mass is 9.86. The van der Waals surface area contributed by atoms with E-state index >= 15 is 0 Å². The van der Waals surface area contributed by atoms with Crippen molar-refractivity contribution >= 4 is 23.4 Å². The maximum atomic E-state index is 11.6. The first-order valence-electron chi connectivity index (χ1n) is 8.31. The fourth-order valence-corrected chi connectivity index (χ4v) is 2.67. The number of rotatable bonds is 7. The third-order valence-electron chi connectivity index (χ3n) is 4.31. The SMILES string of the molecule is CN(C)C(=O)CNc1ncc([N+](=O)[O-])c(NCC2CCC(N)CC2)n1. The Kier molecular flexibility index (Phi) is 6.45. The zero-order chi connectivity index (χ0) is 18.4. The van der Waals surface area contributed by atoms with E-state index in [1.807, 2.05) is 0 Å². The minimum Gasteiger partial charge on any atom is -0.364 e. The van der Waals surface area contributed by atoms with E-state index in [0.717, 1.165) is 31.9 Å². The zero-order valence-electron chi connectivity index (χ0n) is 14.6. The van der Waals surface area contributed by atoms with Gasteiger partial charge in [0.05, 0.1) is 11.5 Å². The van der Waals surface area contributed by atoms with E-state index < -0.39 is 4.92 Å². The molecule has 10 nitrogen and oxygen atoms in total. The van der Waals surface area contributed by atoms with E-state index in [9.17, 15) is 14.9 Å². The number of hydrogen-bond donors (Lipinski definition) is 3. The van der Waals surface area contributed by atoms with Gasteiger partial charge in [-0.25, -0.2) is 4.98 Å². The predicted molar refractivity (Wildman–Crippen MR) is 94.3 cm³/mol. The first-order valence-corrected chi connectivity index (χ1v) is 8.31. The van der Waals surface area contributed by atoms with E-state index in [1.165, 1.54) is 4.90 Å². The molecule has 0 spiro atoms. The summed E-state index contributed by atoms with van der Waals surface area (Å²) in [5.74, 6) is 0.611. The topological polar surface area (TPSA) is 139 Å². The van der Waals surface area contributed by atoms with Crippen molar-refractivity contribution in [2.45, 2.75) is 31.7 Å². The fraction of sp³-hybridized carbons (Fsp3) is 0.667. The van der Waals surface area contributed by atoms with Crippen molar-refractivity contribution in [2.75, 3.05) is 37.8 Å². The normalized spacial score (nSPS) is 20.0. The van der Waals surface area contributed by atoms with Crippen molar-refractivity contribution in [3.63, 3.8) is 0 Å². The van der Waals surface area contributed by atoms with Crippen LogP contribution >= 0.6 is 0 Å². The van der Waals surface area contributed by atoms with Gasteiger partial charge in [-0.2, -0.15) is 4.98 Å². The van der Waals surface area contributed by atoms with Crippen molar-refractivity contribution in [2.24, 2.45) is 11.7 Å². The summed E-state index contributed by atoms with van der Waals surface area (Å²) in [6, 6.07) is 0.259. The first kappa shape index (κ1) is 18.8. The highest BCUT2D eigenvalue weighted by Gasteiger charge is 2.22. The van der Waals surface area contributed by atoms with E-state index in [-0.39, 0.29) is 35.9 Å². The molecule has 4 N–H and O–H groups in total. The summed E-state index contributed by atoms with van der Waals surface area (Å²) in [5.41, 5.74) is 5.71. The van der Waals surface area contributed by atoms with Crippen molar-refractivity contribution in [3.8, 4) is 0 Å². The monoisotopic (exact) mass is 351 g/mol. The molecule has 25 heavy (non-hydrogen) atoms. The molecule has 2 rings (SSSR count). The van der Waals surface area contributed by atoms with E-state index in [2.05, 4.69) is 20.6 Å². The van der Waals surface area contributed by atoms with Gasteiger partial charge in [-0.05, 0) is 31.6 Å². The van der Waals surface area contributed by atoms with Gasteiger partial charge in [0.2, 0.25) is 17.7 Å². The third-order valence-corrected chi connectivity index (χ3v) is 4.31. The number of nitrogens with two attached hydrogens (primary N) is 1. The number of nitro groups is 1. The van der Waals surface area contributed by atoms with Crippen LogP contribution in [0.1, 0.15) is 25.7 Å². The summed E-state index contributed by atoms with van der Waals surface area (Å²) < 4.78 is 0. The lowest BCUT2D eigenvalue weighted by Gasteiger charge is -2.26. The summed E-state index contributed by atoms with van der Waals surface area (Å²) in [7, 11) is 3.29. The Morgan fingerprint density at radius 2 is 2.04 bits per heavy atom. The van der Waals surface area contributed by atoms with Gasteiger partial charge in [-0.15, -0.1) is 0 Å². The van der Waals surface area contributed by atoms with Gasteiger partial charge in [0, 0.05) is 26.7 Å². The molecule has 1 amide bonds. The van der Waals surface area contributed by atoms with Gasteiger partial charge in [-0.1, -0.05) is 0 Å². The van der Waals surface area contributed by atoms with Crippen molar-refractivity contribution < 1.29 is 9.72 Å². The number of hydrogen-bond acceptors (Lipinski definition) is 8. The molecular weight excluding hydrogens is 326 g/mol. The molecule has 0 bridgehead atoms. The Bertz CT molecular complexity index is 615. The Balaban J connectivity index is 2.01. The molecule has 0 aliphatic heterocycles. The maximum Gasteiger partial charge on any atom is 0.329 e. The summed E-state index contributed by atoms with van der Waals surface area (Å²) in [6.45, 7) is 0.616. The Labute approximate surface area is 146 Å². The largest absolute Gasteiger partial charge is 0.364 e. The van der Waals surface area contributed by atoms with Crippen LogP contribution in [0.5, 0.6) is 0 Å². The standard InChI is InChI=1S/C15H25N7O3/c1-21(2)13(23)9-19-15-18-8-12(22(24)25)14(20-15)17-7-10-3-5-11(16)6-4-10/h8,10-11H,3-7,9,16H2,1-2H3,(H2,17,18,19,20). The molecule has 0 saturated heterocycles. The van der Waals surface area contributed by atoms with Crippen LogP contribution in [0.2, 0.25) is 0 Å². The van der Waals surface area contributed by atoms with Crippen LogP contribution in [0.3, 0.4) is 0 Å². The van der Waals surface area contributed by atoms with Gasteiger partial charge in [0.25, 0.3) is 0 Å². The van der Waals surface area contributed by atoms with Gasteiger partial charge in [-0.3, -0.25) is 14.9 Å². The molecule has 0 unspecified atom stereocenters. The molecule has 0 aromatic carbocycles. The molecule has 0 radical (unpaired) electrons. The number of likely N-dealkylation sites (N-methyl/N-ethyl adjacent to an activating group) is 1. The zero-order valence-corrected chi connectivity index (χ0v) is 14.6. The summed E-state index contributed by atoms with van der Waals surface area (Å²) >= 11 is 0. The fourth-order valence-electron chi connectivity index (χ4n) is 2.67. The lowest BCUT2D eigenvalue weighted by Crippen LogP contribution is -2.30. The van der Waals surface area contributed by atoms with Gasteiger partial charge < -0.3 is 21.3 Å². The molecule has 1 fully saturated rings. The second-order valence-corrected chi connectivity index (χ2v) is 6.49. The molecule has 1 saturated carbocycles. The predicted octanol–water partition coefficient (Wildman–Crippen LogP) is 0.814. The van der Waals surface area contributed by atoms with Gasteiger partial charge in [0.1, 0.15) is 6.20 Å². The van der Waals surface area contributed by atoms with Crippen LogP contribution < -0.4 is 16.4 Å². The Morgan fingerprint density at radius 3 is 2.64 bits per heavy atom. The molecule has 1 aromatic heterocycles. The quantitative estimate of drug-likeness (QED) is 0.484. The molecule has 1 aliphatic carbocycles. The molecular formula is C15H25N7O3. The van der Waals surface area contributed by atoms with Crippen molar-refractivity contribution in [1.82, 2.24) is 14.9 Å². The Hall–Kier alpha value is -2.49. The molecule has 1 aromatic rings. The van der Waals surface area contributed by atoms with Gasteiger partial charge in [0.15, 0.2) is 0 Å². The number of anilines is 2. The second kappa shape index (κ2) is 8.56. The average Bonchev–Trinajstić information content (AvgIpc) is 2.58. The summed E-state index contributed by atoms with van der Waals surface area (Å²) in [5, 5.41) is 17.0. The maximum absolute atomic E-state index is 11.6. The van der Waals surface area contributed by atoms with Crippen LogP contribution in [0, 0.1) is 16.0 Å². The second-order valence-electron chi connectivity index (χ2n) is 6.49. The number of amides is 1. The smallest absolute Gasteiger partial charge is 0.329 e. The number of nitrogens with one attached hydrogen (secondary N) is 2. The highest BCUT2D eigenvalue weighted by Crippen LogP contribution is 2.26.